The Morgan fingerprint density at radius 3 is 2.07 bits per heavy atom. The molecule has 0 radical (unpaired) electrons. The van der Waals surface area contributed by atoms with E-state index in [1.165, 1.54) is 12.8 Å². The molecule has 0 heterocycles. The van der Waals surface area contributed by atoms with Crippen molar-refractivity contribution in [3.05, 3.63) is 12.2 Å². The smallest absolute Gasteiger partial charge is 0.328 e. The van der Waals surface area contributed by atoms with Crippen LogP contribution in [0.3, 0.4) is 0 Å². The number of rotatable bonds is 18. The van der Waals surface area contributed by atoms with Gasteiger partial charge in [0.15, 0.2) is 5.54 Å². The second-order valence-corrected chi connectivity index (χ2v) is 7.53. The third kappa shape index (κ3) is 10.9. The molecule has 6 N–H and O–H groups in total. The fourth-order valence-corrected chi connectivity index (χ4v) is 2.93. The van der Waals surface area contributed by atoms with Gasteiger partial charge in [0.25, 0.3) is 0 Å². The molecule has 164 valence electrons. The standard InChI is InChI=1S/C21H39NO6/c1-2-3-4-10-13-17(24)14-11-8-6-5-7-9-12-15-18(25)19(26)21(22,16-23)20(27)28/h9,12,18-19,23,25-26H,2-8,10-11,13-16,22H2,1H3,(H,27,28)/t18?,19-,21+/m1/s1. The van der Waals surface area contributed by atoms with E-state index in [0.717, 1.165) is 44.9 Å². The van der Waals surface area contributed by atoms with Gasteiger partial charge in [-0.3, -0.25) is 9.59 Å². The van der Waals surface area contributed by atoms with Crippen molar-refractivity contribution >= 4 is 11.8 Å². The summed E-state index contributed by atoms with van der Waals surface area (Å²) in [5.41, 5.74) is 3.16. The number of nitrogens with two attached hydrogens (primary N) is 1. The summed E-state index contributed by atoms with van der Waals surface area (Å²) in [6.45, 7) is 1.19. The van der Waals surface area contributed by atoms with Crippen LogP contribution < -0.4 is 5.73 Å². The highest BCUT2D eigenvalue weighted by Gasteiger charge is 2.44. The Hall–Kier alpha value is -1.28. The maximum absolute atomic E-state index is 11.7. The number of aliphatic carboxylic acids is 1. The van der Waals surface area contributed by atoms with Gasteiger partial charge in [-0.25, -0.2) is 0 Å². The average Bonchev–Trinajstić information content (AvgIpc) is 2.68. The number of aliphatic hydroxyl groups is 3. The monoisotopic (exact) mass is 401 g/mol. The number of allylic oxidation sites excluding steroid dienone is 1. The van der Waals surface area contributed by atoms with E-state index in [2.05, 4.69) is 6.92 Å². The van der Waals surface area contributed by atoms with Crippen molar-refractivity contribution in [3.63, 3.8) is 0 Å². The zero-order valence-corrected chi connectivity index (χ0v) is 17.2. The number of carbonyl (C=O) groups is 2. The number of unbranched alkanes of at least 4 members (excludes halogenated alkanes) is 7. The molecule has 0 saturated carbocycles. The maximum atomic E-state index is 11.7. The van der Waals surface area contributed by atoms with Crippen LogP contribution in [0.4, 0.5) is 0 Å². The van der Waals surface area contributed by atoms with Crippen molar-refractivity contribution < 1.29 is 30.0 Å². The van der Waals surface area contributed by atoms with Crippen molar-refractivity contribution in [1.29, 1.82) is 0 Å². The summed E-state index contributed by atoms with van der Waals surface area (Å²) < 4.78 is 0. The molecule has 0 aliphatic carbocycles. The molecular weight excluding hydrogens is 362 g/mol. The van der Waals surface area contributed by atoms with E-state index in [9.17, 15) is 19.8 Å². The Morgan fingerprint density at radius 2 is 1.54 bits per heavy atom. The molecule has 3 atom stereocenters. The third-order valence-corrected chi connectivity index (χ3v) is 4.98. The van der Waals surface area contributed by atoms with E-state index < -0.39 is 30.3 Å². The lowest BCUT2D eigenvalue weighted by molar-refractivity contribution is -0.155. The van der Waals surface area contributed by atoms with Gasteiger partial charge in [-0.05, 0) is 32.1 Å². The van der Waals surface area contributed by atoms with Crippen molar-refractivity contribution in [2.75, 3.05) is 6.61 Å². The Kier molecular flexibility index (Phi) is 14.9. The molecule has 0 spiro atoms. The van der Waals surface area contributed by atoms with Crippen molar-refractivity contribution in [2.24, 2.45) is 5.73 Å². The summed E-state index contributed by atoms with van der Waals surface area (Å²) >= 11 is 0. The minimum atomic E-state index is -2.28. The molecule has 7 heteroatoms. The summed E-state index contributed by atoms with van der Waals surface area (Å²) in [6, 6.07) is 0. The van der Waals surface area contributed by atoms with Gasteiger partial charge in [0.05, 0.1) is 12.7 Å². The van der Waals surface area contributed by atoms with Gasteiger partial charge in [-0.15, -0.1) is 0 Å². The van der Waals surface area contributed by atoms with Gasteiger partial charge in [-0.1, -0.05) is 51.2 Å². The summed E-state index contributed by atoms with van der Waals surface area (Å²) in [5.74, 6) is -1.20. The van der Waals surface area contributed by atoms with Crippen LogP contribution in [0.2, 0.25) is 0 Å². The van der Waals surface area contributed by atoms with E-state index in [4.69, 9.17) is 15.9 Å². The highest BCUT2D eigenvalue weighted by Crippen LogP contribution is 2.15. The zero-order valence-electron chi connectivity index (χ0n) is 17.2. The van der Waals surface area contributed by atoms with Crippen LogP contribution in [0.1, 0.15) is 84.0 Å². The number of hydrogen-bond donors (Lipinski definition) is 5. The fraction of sp³-hybridized carbons (Fsp3) is 0.810. The predicted octanol–water partition coefficient (Wildman–Crippen LogP) is 2.31. The first-order chi connectivity index (χ1) is 13.3. The predicted molar refractivity (Wildman–Crippen MR) is 109 cm³/mol. The minimum absolute atomic E-state index is 0.0555. The highest BCUT2D eigenvalue weighted by atomic mass is 16.4. The Labute approximate surface area is 168 Å². The molecule has 0 fully saturated rings. The first-order valence-corrected chi connectivity index (χ1v) is 10.5. The van der Waals surface area contributed by atoms with E-state index in [1.807, 2.05) is 6.08 Å². The van der Waals surface area contributed by atoms with Crippen molar-refractivity contribution in [2.45, 2.75) is 102 Å². The summed E-state index contributed by atoms with van der Waals surface area (Å²) in [7, 11) is 0. The first-order valence-electron chi connectivity index (χ1n) is 10.5. The number of hydrogen-bond acceptors (Lipinski definition) is 6. The SMILES string of the molecule is CCCCCCC(=O)CCCCCCC=CCC(O)[C@@H](O)[C@@](N)(CO)C(=O)O. The van der Waals surface area contributed by atoms with Gasteiger partial charge in [0.1, 0.15) is 11.9 Å². The second kappa shape index (κ2) is 15.6. The number of ketones is 1. The van der Waals surface area contributed by atoms with Gasteiger partial charge < -0.3 is 26.2 Å². The number of Topliss-reactive ketones (excluding diaryl/α,β-unsaturated/α-hetero) is 1. The van der Waals surface area contributed by atoms with Crippen LogP contribution in [0.5, 0.6) is 0 Å². The lowest BCUT2D eigenvalue weighted by Gasteiger charge is -2.30. The minimum Gasteiger partial charge on any atom is -0.480 e. The van der Waals surface area contributed by atoms with Gasteiger partial charge in [-0.2, -0.15) is 0 Å². The Morgan fingerprint density at radius 1 is 0.964 bits per heavy atom. The molecule has 0 aromatic carbocycles. The summed E-state index contributed by atoms with van der Waals surface area (Å²) in [5, 5.41) is 37.8. The lowest BCUT2D eigenvalue weighted by atomic mass is 9.89. The molecule has 28 heavy (non-hydrogen) atoms. The molecule has 7 nitrogen and oxygen atoms in total. The van der Waals surface area contributed by atoms with Crippen LogP contribution in [0.25, 0.3) is 0 Å². The number of aliphatic hydroxyl groups excluding tert-OH is 3. The quantitative estimate of drug-likeness (QED) is 0.175. The molecule has 0 aromatic rings. The van der Waals surface area contributed by atoms with E-state index in [0.29, 0.717) is 18.6 Å². The van der Waals surface area contributed by atoms with Crippen LogP contribution >= 0.6 is 0 Å². The molecule has 0 amide bonds. The zero-order chi connectivity index (χ0) is 21.4. The van der Waals surface area contributed by atoms with Gasteiger partial charge in [0.2, 0.25) is 0 Å². The third-order valence-electron chi connectivity index (χ3n) is 4.98. The second-order valence-electron chi connectivity index (χ2n) is 7.53. The fourth-order valence-electron chi connectivity index (χ4n) is 2.93. The van der Waals surface area contributed by atoms with Crippen LogP contribution in [-0.2, 0) is 9.59 Å². The van der Waals surface area contributed by atoms with E-state index in [-0.39, 0.29) is 6.42 Å². The molecule has 0 aliphatic rings. The molecule has 0 aromatic heterocycles. The Balaban J connectivity index is 3.80. The van der Waals surface area contributed by atoms with Crippen LogP contribution in [0, 0.1) is 0 Å². The maximum Gasteiger partial charge on any atom is 0.328 e. The van der Waals surface area contributed by atoms with Crippen molar-refractivity contribution in [1.82, 2.24) is 0 Å². The average molecular weight is 402 g/mol. The van der Waals surface area contributed by atoms with Crippen LogP contribution in [-0.4, -0.2) is 56.5 Å². The normalized spacial score (nSPS) is 16.0. The van der Waals surface area contributed by atoms with Crippen LogP contribution in [0.15, 0.2) is 12.2 Å². The molecule has 0 saturated heterocycles. The Bertz CT molecular complexity index is 468. The molecule has 1 unspecified atom stereocenters. The van der Waals surface area contributed by atoms with Crippen molar-refractivity contribution in [3.8, 4) is 0 Å². The topological polar surface area (TPSA) is 141 Å². The van der Waals surface area contributed by atoms with E-state index >= 15 is 0 Å². The highest BCUT2D eigenvalue weighted by molar-refractivity contribution is 5.79. The molecule has 0 bridgehead atoms. The number of carbonyl (C=O) groups excluding carboxylic acids is 1. The summed E-state index contributed by atoms with van der Waals surface area (Å²) in [6.07, 6.45) is 11.1. The van der Waals surface area contributed by atoms with Gasteiger partial charge in [0, 0.05) is 12.8 Å². The lowest BCUT2D eigenvalue weighted by Crippen LogP contribution is -2.63. The number of carboxylic acids is 1. The molecule has 0 rings (SSSR count). The van der Waals surface area contributed by atoms with E-state index in [1.54, 1.807) is 6.08 Å². The first kappa shape index (κ1) is 26.7. The summed E-state index contributed by atoms with van der Waals surface area (Å²) in [4.78, 5) is 22.7. The molecular formula is C21H39NO6. The van der Waals surface area contributed by atoms with Gasteiger partial charge >= 0.3 is 5.97 Å². The largest absolute Gasteiger partial charge is 0.480 e. The number of carboxylic acid groups (broad SMARTS) is 1. The molecule has 0 aliphatic heterocycles.